The topological polar surface area (TPSA) is 123 Å². The van der Waals surface area contributed by atoms with Crippen LogP contribution in [-0.4, -0.2) is 37.0 Å². The maximum Gasteiger partial charge on any atom is 0.407 e. The minimum Gasteiger partial charge on any atom is -0.461 e. The van der Waals surface area contributed by atoms with E-state index in [1.807, 2.05) is 60.7 Å². The minimum absolute atomic E-state index is 0.0502. The molecule has 0 aromatic heterocycles. The predicted octanol–water partition coefficient (Wildman–Crippen LogP) is 4.59. The van der Waals surface area contributed by atoms with E-state index in [-0.39, 0.29) is 44.4 Å². The second kappa shape index (κ2) is 16.2. The molecule has 3 amide bonds. The van der Waals surface area contributed by atoms with Gasteiger partial charge in [0.1, 0.15) is 13.2 Å². The third-order valence-corrected chi connectivity index (χ3v) is 5.58. The Morgan fingerprint density at radius 1 is 0.641 bits per heavy atom. The van der Waals surface area contributed by atoms with Gasteiger partial charge in [-0.1, -0.05) is 66.7 Å². The van der Waals surface area contributed by atoms with Crippen molar-refractivity contribution in [3.63, 3.8) is 0 Å². The Balaban J connectivity index is 1.27. The van der Waals surface area contributed by atoms with Crippen molar-refractivity contribution in [1.29, 1.82) is 0 Å². The lowest BCUT2D eigenvalue weighted by Gasteiger charge is -2.09. The molecule has 3 N–H and O–H groups in total. The summed E-state index contributed by atoms with van der Waals surface area (Å²) in [7, 11) is 0. The molecule has 3 aromatic carbocycles. The van der Waals surface area contributed by atoms with Gasteiger partial charge in [-0.2, -0.15) is 0 Å². The number of benzene rings is 3. The van der Waals surface area contributed by atoms with Crippen LogP contribution in [0.5, 0.6) is 0 Å². The fraction of sp³-hybridized carbons (Fsp3) is 0.267. The summed E-state index contributed by atoms with van der Waals surface area (Å²) in [4.78, 5) is 48.4. The van der Waals surface area contributed by atoms with Gasteiger partial charge in [0.15, 0.2) is 0 Å². The number of carbonyl (C=O) groups excluding carboxylic acids is 4. The molecule has 0 saturated carbocycles. The third-order valence-electron chi connectivity index (χ3n) is 5.58. The Kier molecular flexibility index (Phi) is 12.0. The van der Waals surface area contributed by atoms with E-state index in [9.17, 15) is 19.2 Å². The van der Waals surface area contributed by atoms with Gasteiger partial charge in [-0.05, 0) is 42.2 Å². The normalized spacial score (nSPS) is 10.3. The van der Waals surface area contributed by atoms with E-state index in [0.717, 1.165) is 11.1 Å². The van der Waals surface area contributed by atoms with Crippen molar-refractivity contribution >= 4 is 29.6 Å². The highest BCUT2D eigenvalue weighted by Gasteiger charge is 2.10. The Bertz CT molecular complexity index is 1220. The first kappa shape index (κ1) is 28.9. The fourth-order valence-electron chi connectivity index (χ4n) is 3.53. The van der Waals surface area contributed by atoms with Gasteiger partial charge < -0.3 is 25.4 Å². The second-order valence-electron chi connectivity index (χ2n) is 8.73. The number of unbranched alkanes of at least 4 members (excludes halogenated alkanes) is 1. The molecular weight excluding hydrogens is 498 g/mol. The standard InChI is InChI=1S/C30H33N3O6/c34-27(16-7-8-18-32-30(37)39-22-24-12-5-2-6-13-24)33-26-15-9-14-25(20-26)29(36)31-19-17-28(35)38-21-23-10-3-1-4-11-23/h1-6,9-15,20H,7-8,16-19,21-22H2,(H,31,36)(H,32,37)(H,33,34). The van der Waals surface area contributed by atoms with Crippen LogP contribution in [0.3, 0.4) is 0 Å². The SMILES string of the molecule is O=C(CCCCNC(=O)OCc1ccccc1)Nc1cccc(C(=O)NCCC(=O)OCc2ccccc2)c1. The predicted molar refractivity (Wildman–Crippen MR) is 147 cm³/mol. The monoisotopic (exact) mass is 531 g/mol. The molecule has 9 heteroatoms. The van der Waals surface area contributed by atoms with Crippen LogP contribution in [0.4, 0.5) is 10.5 Å². The molecule has 39 heavy (non-hydrogen) atoms. The summed E-state index contributed by atoms with van der Waals surface area (Å²) in [6.45, 7) is 0.924. The molecule has 0 spiro atoms. The molecule has 0 heterocycles. The molecule has 0 unspecified atom stereocenters. The number of carbonyl (C=O) groups is 4. The molecule has 3 rings (SSSR count). The van der Waals surface area contributed by atoms with Crippen molar-refractivity contribution in [2.45, 2.75) is 38.9 Å². The van der Waals surface area contributed by atoms with E-state index in [1.54, 1.807) is 24.3 Å². The molecule has 0 aliphatic heterocycles. The van der Waals surface area contributed by atoms with Gasteiger partial charge in [0.25, 0.3) is 5.91 Å². The summed E-state index contributed by atoms with van der Waals surface area (Å²) in [6, 6.07) is 25.3. The first-order chi connectivity index (χ1) is 19.0. The summed E-state index contributed by atoms with van der Waals surface area (Å²) >= 11 is 0. The van der Waals surface area contributed by atoms with Crippen molar-refractivity contribution in [3.8, 4) is 0 Å². The van der Waals surface area contributed by atoms with Crippen LogP contribution >= 0.6 is 0 Å². The third kappa shape index (κ3) is 11.5. The number of esters is 1. The molecule has 0 aliphatic rings. The van der Waals surface area contributed by atoms with E-state index < -0.39 is 12.1 Å². The molecule has 0 bridgehead atoms. The van der Waals surface area contributed by atoms with E-state index >= 15 is 0 Å². The summed E-state index contributed by atoms with van der Waals surface area (Å²) in [5, 5.41) is 8.13. The number of amides is 3. The highest BCUT2D eigenvalue weighted by Crippen LogP contribution is 2.12. The molecule has 0 atom stereocenters. The number of rotatable bonds is 14. The Labute approximate surface area is 227 Å². The van der Waals surface area contributed by atoms with Crippen LogP contribution in [0.15, 0.2) is 84.9 Å². The van der Waals surface area contributed by atoms with Crippen molar-refractivity contribution in [1.82, 2.24) is 10.6 Å². The molecule has 204 valence electrons. The van der Waals surface area contributed by atoms with Crippen LogP contribution in [0.2, 0.25) is 0 Å². The zero-order valence-corrected chi connectivity index (χ0v) is 21.7. The molecular formula is C30H33N3O6. The number of ether oxygens (including phenoxy) is 2. The van der Waals surface area contributed by atoms with Crippen LogP contribution < -0.4 is 16.0 Å². The number of hydrogen-bond acceptors (Lipinski definition) is 6. The van der Waals surface area contributed by atoms with Crippen molar-refractivity contribution in [3.05, 3.63) is 102 Å². The lowest BCUT2D eigenvalue weighted by atomic mass is 10.1. The smallest absolute Gasteiger partial charge is 0.407 e. The maximum atomic E-state index is 12.4. The van der Waals surface area contributed by atoms with E-state index in [4.69, 9.17) is 9.47 Å². The lowest BCUT2D eigenvalue weighted by Crippen LogP contribution is -2.26. The van der Waals surface area contributed by atoms with Crippen LogP contribution in [0.25, 0.3) is 0 Å². The number of anilines is 1. The van der Waals surface area contributed by atoms with Gasteiger partial charge in [0, 0.05) is 30.8 Å². The molecule has 0 saturated heterocycles. The fourth-order valence-corrected chi connectivity index (χ4v) is 3.53. The van der Waals surface area contributed by atoms with Gasteiger partial charge in [-0.25, -0.2) is 4.79 Å². The van der Waals surface area contributed by atoms with Gasteiger partial charge >= 0.3 is 12.1 Å². The minimum atomic E-state index is -0.498. The highest BCUT2D eigenvalue weighted by molar-refractivity contribution is 5.97. The zero-order chi connectivity index (χ0) is 27.7. The van der Waals surface area contributed by atoms with Crippen LogP contribution in [0, 0.1) is 0 Å². The van der Waals surface area contributed by atoms with Crippen molar-refractivity contribution in [2.75, 3.05) is 18.4 Å². The van der Waals surface area contributed by atoms with Gasteiger partial charge in [-0.3, -0.25) is 14.4 Å². The number of hydrogen-bond donors (Lipinski definition) is 3. The average Bonchev–Trinajstić information content (AvgIpc) is 2.96. The average molecular weight is 532 g/mol. The molecule has 0 radical (unpaired) electrons. The molecule has 0 fully saturated rings. The largest absolute Gasteiger partial charge is 0.461 e. The first-order valence-electron chi connectivity index (χ1n) is 12.8. The van der Waals surface area contributed by atoms with E-state index in [2.05, 4.69) is 16.0 Å². The maximum absolute atomic E-state index is 12.4. The van der Waals surface area contributed by atoms with Gasteiger partial charge in [-0.15, -0.1) is 0 Å². The Hall–Kier alpha value is -4.66. The van der Waals surface area contributed by atoms with Crippen molar-refractivity contribution < 1.29 is 28.7 Å². The summed E-state index contributed by atoms with van der Waals surface area (Å²) in [5.41, 5.74) is 2.66. The summed E-state index contributed by atoms with van der Waals surface area (Å²) < 4.78 is 10.3. The van der Waals surface area contributed by atoms with E-state index in [1.165, 1.54) is 0 Å². The van der Waals surface area contributed by atoms with Gasteiger partial charge in [0.2, 0.25) is 5.91 Å². The Morgan fingerprint density at radius 2 is 1.31 bits per heavy atom. The Morgan fingerprint density at radius 3 is 2.00 bits per heavy atom. The summed E-state index contributed by atoms with van der Waals surface area (Å²) in [6.07, 6.45) is 1.01. The van der Waals surface area contributed by atoms with Crippen molar-refractivity contribution in [2.24, 2.45) is 0 Å². The zero-order valence-electron chi connectivity index (χ0n) is 21.7. The molecule has 9 nitrogen and oxygen atoms in total. The highest BCUT2D eigenvalue weighted by atomic mass is 16.5. The van der Waals surface area contributed by atoms with Gasteiger partial charge in [0.05, 0.1) is 6.42 Å². The first-order valence-corrected chi connectivity index (χ1v) is 12.8. The van der Waals surface area contributed by atoms with Crippen LogP contribution in [-0.2, 0) is 32.3 Å². The lowest BCUT2D eigenvalue weighted by molar-refractivity contribution is -0.144. The van der Waals surface area contributed by atoms with E-state index in [0.29, 0.717) is 30.6 Å². The summed E-state index contributed by atoms with van der Waals surface area (Å²) in [5.74, 6) is -0.952. The number of nitrogens with one attached hydrogen (secondary N) is 3. The number of alkyl carbamates (subject to hydrolysis) is 1. The quantitative estimate of drug-likeness (QED) is 0.207. The molecule has 3 aromatic rings. The molecule has 0 aliphatic carbocycles. The second-order valence-corrected chi connectivity index (χ2v) is 8.73. The van der Waals surface area contributed by atoms with Crippen LogP contribution in [0.1, 0.15) is 47.2 Å².